The highest BCUT2D eigenvalue weighted by atomic mass is 79.9. The monoisotopic (exact) mass is 357 g/mol. The smallest absolute Gasteiger partial charge is 0.306 e. The van der Waals surface area contributed by atoms with E-state index >= 15 is 0 Å². The van der Waals surface area contributed by atoms with Gasteiger partial charge in [-0.15, -0.1) is 0 Å². The van der Waals surface area contributed by atoms with E-state index in [9.17, 15) is 13.2 Å². The summed E-state index contributed by atoms with van der Waals surface area (Å²) >= 11 is 3.41. The van der Waals surface area contributed by atoms with Crippen LogP contribution in [0, 0.1) is 0 Å². The molecule has 0 radical (unpaired) electrons. The number of halogens is 4. The normalized spacial score (nSPS) is 13.2. The molecule has 0 aliphatic rings. The minimum absolute atomic E-state index is 0.0220. The lowest BCUT2D eigenvalue weighted by molar-refractivity contribution is -0.137. The zero-order valence-electron chi connectivity index (χ0n) is 11.4. The number of hydrogen-bond donors (Lipinski definition) is 1. The van der Waals surface area contributed by atoms with Gasteiger partial charge in [0.1, 0.15) is 0 Å². The van der Waals surface area contributed by atoms with Crippen LogP contribution in [0.5, 0.6) is 0 Å². The van der Waals surface area contributed by atoms with Crippen LogP contribution in [0.2, 0.25) is 0 Å². The van der Waals surface area contributed by atoms with Gasteiger partial charge in [-0.25, -0.2) is 0 Å². The van der Waals surface area contributed by atoms with E-state index in [-0.39, 0.29) is 6.04 Å². The van der Waals surface area contributed by atoms with Gasteiger partial charge in [-0.1, -0.05) is 40.2 Å². The van der Waals surface area contributed by atoms with Crippen LogP contribution in [0.25, 0.3) is 0 Å². The molecule has 0 amide bonds. The quantitative estimate of drug-likeness (QED) is 0.780. The van der Waals surface area contributed by atoms with Crippen LogP contribution in [0.15, 0.2) is 53.0 Å². The molecule has 21 heavy (non-hydrogen) atoms. The maximum atomic E-state index is 12.5. The van der Waals surface area contributed by atoms with E-state index in [0.29, 0.717) is 6.54 Å². The molecule has 2 aromatic carbocycles. The third kappa shape index (κ3) is 4.58. The second-order valence-electron chi connectivity index (χ2n) is 4.85. The minimum Gasteiger partial charge on any atom is -0.306 e. The van der Waals surface area contributed by atoms with Crippen molar-refractivity contribution in [3.05, 3.63) is 69.7 Å². The largest absolute Gasteiger partial charge is 0.416 e. The Hall–Kier alpha value is -1.33. The molecule has 112 valence electrons. The van der Waals surface area contributed by atoms with Gasteiger partial charge in [0.2, 0.25) is 0 Å². The molecule has 2 rings (SSSR count). The highest BCUT2D eigenvalue weighted by molar-refractivity contribution is 9.10. The van der Waals surface area contributed by atoms with E-state index in [1.807, 2.05) is 31.2 Å². The average Bonchev–Trinajstić information content (AvgIpc) is 2.44. The Balaban J connectivity index is 1.99. The summed E-state index contributed by atoms with van der Waals surface area (Å²) in [6.45, 7) is 2.59. The Morgan fingerprint density at radius 1 is 1.10 bits per heavy atom. The van der Waals surface area contributed by atoms with Gasteiger partial charge in [0.05, 0.1) is 5.56 Å². The van der Waals surface area contributed by atoms with Crippen molar-refractivity contribution in [3.8, 4) is 0 Å². The van der Waals surface area contributed by atoms with E-state index in [4.69, 9.17) is 0 Å². The highest BCUT2D eigenvalue weighted by Crippen LogP contribution is 2.29. The lowest BCUT2D eigenvalue weighted by Crippen LogP contribution is -2.18. The van der Waals surface area contributed by atoms with Gasteiger partial charge in [0.25, 0.3) is 0 Å². The Kier molecular flexibility index (Phi) is 5.06. The van der Waals surface area contributed by atoms with Gasteiger partial charge in [-0.2, -0.15) is 13.2 Å². The fourth-order valence-electron chi connectivity index (χ4n) is 2.00. The number of rotatable bonds is 4. The van der Waals surface area contributed by atoms with E-state index < -0.39 is 11.7 Å². The van der Waals surface area contributed by atoms with Crippen LogP contribution in [0.4, 0.5) is 13.2 Å². The number of alkyl halides is 3. The first-order chi connectivity index (χ1) is 9.86. The van der Waals surface area contributed by atoms with E-state index in [0.717, 1.165) is 27.7 Å². The summed E-state index contributed by atoms with van der Waals surface area (Å²) in [7, 11) is 0. The second-order valence-corrected chi connectivity index (χ2v) is 5.77. The fraction of sp³-hybridized carbons (Fsp3) is 0.250. The predicted octanol–water partition coefficient (Wildman–Crippen LogP) is 5.32. The fourth-order valence-corrected chi connectivity index (χ4v) is 2.44. The van der Waals surface area contributed by atoms with Crippen molar-refractivity contribution in [1.82, 2.24) is 5.32 Å². The van der Waals surface area contributed by atoms with E-state index in [1.165, 1.54) is 12.1 Å². The Bertz CT molecular complexity index is 593. The molecule has 1 N–H and O–H groups in total. The zero-order valence-corrected chi connectivity index (χ0v) is 13.0. The first-order valence-electron chi connectivity index (χ1n) is 6.51. The SMILES string of the molecule is CC(NCc1cccc(Br)c1)c1ccc(C(F)(F)F)cc1. The third-order valence-corrected chi connectivity index (χ3v) is 3.73. The molecule has 2 aromatic rings. The van der Waals surface area contributed by atoms with Crippen molar-refractivity contribution < 1.29 is 13.2 Å². The number of nitrogens with one attached hydrogen (secondary N) is 1. The van der Waals surface area contributed by atoms with Crippen LogP contribution in [-0.4, -0.2) is 0 Å². The van der Waals surface area contributed by atoms with Crippen molar-refractivity contribution in [2.45, 2.75) is 25.7 Å². The molecular weight excluding hydrogens is 343 g/mol. The summed E-state index contributed by atoms with van der Waals surface area (Å²) in [4.78, 5) is 0. The maximum Gasteiger partial charge on any atom is 0.416 e. The van der Waals surface area contributed by atoms with Crippen molar-refractivity contribution >= 4 is 15.9 Å². The standard InChI is InChI=1S/C16H15BrF3N/c1-11(21-10-12-3-2-4-15(17)9-12)13-5-7-14(8-6-13)16(18,19)20/h2-9,11,21H,10H2,1H3. The molecule has 0 aromatic heterocycles. The summed E-state index contributed by atoms with van der Waals surface area (Å²) in [5, 5.41) is 3.30. The van der Waals surface area contributed by atoms with Crippen LogP contribution in [0.3, 0.4) is 0 Å². The van der Waals surface area contributed by atoms with Crippen LogP contribution in [-0.2, 0) is 12.7 Å². The van der Waals surface area contributed by atoms with Gasteiger partial charge in [0.15, 0.2) is 0 Å². The molecule has 1 atom stereocenters. The van der Waals surface area contributed by atoms with Crippen LogP contribution >= 0.6 is 15.9 Å². The molecule has 1 nitrogen and oxygen atoms in total. The third-order valence-electron chi connectivity index (χ3n) is 3.24. The predicted molar refractivity (Wildman–Crippen MR) is 80.8 cm³/mol. The molecule has 0 spiro atoms. The van der Waals surface area contributed by atoms with E-state index in [2.05, 4.69) is 21.2 Å². The van der Waals surface area contributed by atoms with Gasteiger partial charge < -0.3 is 5.32 Å². The number of hydrogen-bond acceptors (Lipinski definition) is 1. The van der Waals surface area contributed by atoms with Crippen molar-refractivity contribution in [2.24, 2.45) is 0 Å². The molecule has 0 heterocycles. The van der Waals surface area contributed by atoms with Gasteiger partial charge in [-0.3, -0.25) is 0 Å². The zero-order chi connectivity index (χ0) is 15.5. The molecule has 0 saturated carbocycles. The van der Waals surface area contributed by atoms with Crippen molar-refractivity contribution in [1.29, 1.82) is 0 Å². The lowest BCUT2D eigenvalue weighted by atomic mass is 10.1. The molecule has 0 aliphatic carbocycles. The Labute approximate surface area is 130 Å². The molecule has 1 unspecified atom stereocenters. The van der Waals surface area contributed by atoms with Gasteiger partial charge >= 0.3 is 6.18 Å². The lowest BCUT2D eigenvalue weighted by Gasteiger charge is -2.15. The average molecular weight is 358 g/mol. The first kappa shape index (κ1) is 16.0. The van der Waals surface area contributed by atoms with Crippen LogP contribution in [0.1, 0.15) is 29.7 Å². The van der Waals surface area contributed by atoms with Crippen molar-refractivity contribution in [2.75, 3.05) is 0 Å². The van der Waals surface area contributed by atoms with Gasteiger partial charge in [0, 0.05) is 17.1 Å². The first-order valence-corrected chi connectivity index (χ1v) is 7.30. The topological polar surface area (TPSA) is 12.0 Å². The second kappa shape index (κ2) is 6.62. The molecular formula is C16H15BrF3N. The minimum atomic E-state index is -4.29. The van der Waals surface area contributed by atoms with Gasteiger partial charge in [-0.05, 0) is 42.3 Å². The van der Waals surface area contributed by atoms with E-state index in [1.54, 1.807) is 0 Å². The molecule has 0 aliphatic heterocycles. The molecule has 0 saturated heterocycles. The number of benzene rings is 2. The summed E-state index contributed by atoms with van der Waals surface area (Å²) in [6.07, 6.45) is -4.29. The van der Waals surface area contributed by atoms with Crippen LogP contribution < -0.4 is 5.32 Å². The molecule has 5 heteroatoms. The summed E-state index contributed by atoms with van der Waals surface area (Å²) in [5.74, 6) is 0. The summed E-state index contributed by atoms with van der Waals surface area (Å²) < 4.78 is 38.5. The maximum absolute atomic E-state index is 12.5. The summed E-state index contributed by atoms with van der Waals surface area (Å²) in [5.41, 5.74) is 1.33. The molecule has 0 fully saturated rings. The molecule has 0 bridgehead atoms. The van der Waals surface area contributed by atoms with Crippen molar-refractivity contribution in [3.63, 3.8) is 0 Å². The Morgan fingerprint density at radius 3 is 2.33 bits per heavy atom. The Morgan fingerprint density at radius 2 is 1.76 bits per heavy atom. The highest BCUT2D eigenvalue weighted by Gasteiger charge is 2.30. The summed E-state index contributed by atoms with van der Waals surface area (Å²) in [6, 6.07) is 13.1.